The molecule has 0 spiro atoms. The van der Waals surface area contributed by atoms with Gasteiger partial charge >= 0.3 is 0 Å². The van der Waals surface area contributed by atoms with E-state index in [1.165, 1.54) is 135 Å². The molecule has 244 valence electrons. The van der Waals surface area contributed by atoms with Crippen LogP contribution in [0.5, 0.6) is 0 Å². The minimum Gasteiger partial charge on any atom is -0.289 e. The fraction of sp³-hybridized carbons (Fsp3) is 0. The summed E-state index contributed by atoms with van der Waals surface area (Å²) in [4.78, 5) is 16.6. The largest absolute Gasteiger partial charge is 0.289 e. The van der Waals surface area contributed by atoms with Crippen LogP contribution in [0.15, 0.2) is 16.9 Å². The maximum Gasteiger partial charge on any atom is 0.195 e. The van der Waals surface area contributed by atoms with E-state index in [0.717, 1.165) is 10.8 Å². The van der Waals surface area contributed by atoms with Crippen LogP contribution in [0.2, 0.25) is 0 Å². The van der Waals surface area contributed by atoms with E-state index in [1.807, 2.05) is 0 Å². The van der Waals surface area contributed by atoms with Crippen molar-refractivity contribution in [1.82, 2.24) is 0 Å². The molecule has 0 unspecified atom stereocenters. The maximum atomic E-state index is 16.6. The lowest BCUT2D eigenvalue weighted by molar-refractivity contribution is 1.89. The molecular formula is C59H2O. The Morgan fingerprint density at radius 3 is 0.550 bits per heavy atom. The quantitative estimate of drug-likeness (QED) is 0.142. The molecule has 0 radical (unpaired) electrons. The SMILES string of the molecule is O=c1c2c3cc4c5c6cc7c8c1c1c9c2c2c%10c3c3c4c4c5c5c%11c6c7c6c7c8c1c1c8c9c2c2c9c%10c3c3c4c4c5c5c%11c6c6c7c1c1c8c2c2c9c3c4c3c5c6c1c32. The lowest BCUT2D eigenvalue weighted by Crippen LogP contribution is -2.03. The van der Waals surface area contributed by atoms with Crippen LogP contribution in [-0.2, 0) is 0 Å². The van der Waals surface area contributed by atoms with Gasteiger partial charge in [-0.05, 0) is 190 Å². The highest BCUT2D eigenvalue weighted by atomic mass is 16.1. The van der Waals surface area contributed by atoms with E-state index < -0.39 is 0 Å². The zero-order valence-corrected chi connectivity index (χ0v) is 30.1. The van der Waals surface area contributed by atoms with E-state index in [2.05, 4.69) is 12.1 Å². The van der Waals surface area contributed by atoms with Crippen molar-refractivity contribution in [3.8, 4) is 0 Å². The highest BCUT2D eigenvalue weighted by Crippen LogP contribution is 2.77. The first-order valence-corrected chi connectivity index (χ1v) is 22.1. The van der Waals surface area contributed by atoms with Gasteiger partial charge in [0, 0.05) is 124 Å². The summed E-state index contributed by atoms with van der Waals surface area (Å²) >= 11 is 0. The summed E-state index contributed by atoms with van der Waals surface area (Å²) in [6, 6.07) is 5.26. The van der Waals surface area contributed by atoms with Gasteiger partial charge in [-0.3, -0.25) is 4.79 Å². The van der Waals surface area contributed by atoms with Gasteiger partial charge in [-0.15, -0.1) is 0 Å². The van der Waals surface area contributed by atoms with E-state index in [1.54, 1.807) is 156 Å². The summed E-state index contributed by atoms with van der Waals surface area (Å²) in [5, 5.41) is 83.9. The molecule has 60 heavy (non-hydrogen) atoms. The lowest BCUT2D eigenvalue weighted by atomic mass is 9.87. The number of rotatable bonds is 0. The van der Waals surface area contributed by atoms with Crippen LogP contribution < -0.4 is 5.43 Å². The van der Waals surface area contributed by atoms with Crippen LogP contribution >= 0.6 is 0 Å². The molecule has 1 nitrogen and oxygen atoms in total. The predicted octanol–water partition coefficient (Wildman–Crippen LogP) is 16.5. The fourth-order valence-corrected chi connectivity index (χ4v) is 21.1. The molecule has 0 heterocycles. The molecule has 0 saturated heterocycles. The first-order valence-electron chi connectivity index (χ1n) is 22.1. The molecule has 29 aromatic rings. The summed E-state index contributed by atoms with van der Waals surface area (Å²) in [7, 11) is 0. The molecule has 0 aliphatic carbocycles. The molecule has 0 amide bonds. The van der Waals surface area contributed by atoms with E-state index in [0.29, 0.717) is 5.43 Å². The Morgan fingerprint density at radius 1 is 0.133 bits per heavy atom. The van der Waals surface area contributed by atoms with Gasteiger partial charge in [-0.2, -0.15) is 0 Å². The van der Waals surface area contributed by atoms with Crippen molar-refractivity contribution in [2.75, 3.05) is 0 Å². The van der Waals surface area contributed by atoms with Gasteiger partial charge in [-0.25, -0.2) is 0 Å². The van der Waals surface area contributed by atoms with E-state index >= 15 is 4.79 Å². The minimum atomic E-state index is 0.299. The Morgan fingerprint density at radius 2 is 0.267 bits per heavy atom. The van der Waals surface area contributed by atoms with Crippen LogP contribution in [-0.4, -0.2) is 0 Å². The summed E-state index contributed by atoms with van der Waals surface area (Å²) in [5.41, 5.74) is 0.299. The van der Waals surface area contributed by atoms with Crippen molar-refractivity contribution in [2.45, 2.75) is 0 Å². The zero-order chi connectivity index (χ0) is 35.3. The summed E-state index contributed by atoms with van der Waals surface area (Å²) < 4.78 is 0. The molecule has 0 atom stereocenters. The Kier molecular flexibility index (Phi) is 1.67. The molecule has 0 aliphatic heterocycles. The zero-order valence-electron chi connectivity index (χ0n) is 30.1. The predicted molar refractivity (Wildman–Crippen MR) is 258 cm³/mol. The van der Waals surface area contributed by atoms with Crippen LogP contribution in [0, 0.1) is 0 Å². The van der Waals surface area contributed by atoms with Crippen LogP contribution in [0.1, 0.15) is 0 Å². The fourth-order valence-electron chi connectivity index (χ4n) is 21.1. The van der Waals surface area contributed by atoms with Gasteiger partial charge in [0.2, 0.25) is 0 Å². The molecule has 0 saturated carbocycles. The minimum absolute atomic E-state index is 0.299. The summed E-state index contributed by atoms with van der Waals surface area (Å²) in [6.45, 7) is 0. The van der Waals surface area contributed by atoms with Gasteiger partial charge in [-0.1, -0.05) is 0 Å². The average molecular weight is 727 g/mol. The first kappa shape index (κ1) is 21.2. The number of hydrogen-bond acceptors (Lipinski definition) is 1. The maximum absolute atomic E-state index is 16.6. The highest BCUT2D eigenvalue weighted by Gasteiger charge is 2.49. The molecule has 29 aromatic carbocycles. The Bertz CT molecular complexity index is 6900. The Labute approximate surface area is 322 Å². The van der Waals surface area contributed by atoms with Crippen molar-refractivity contribution < 1.29 is 0 Å². The normalized spacial score (nSPS) is 17.4. The third kappa shape index (κ3) is 1.10. The molecule has 0 aliphatic rings. The first-order chi connectivity index (χ1) is 29.9. The van der Waals surface area contributed by atoms with E-state index in [9.17, 15) is 0 Å². The van der Waals surface area contributed by atoms with E-state index in [4.69, 9.17) is 0 Å². The molecule has 0 aromatic heterocycles. The van der Waals surface area contributed by atoms with Gasteiger partial charge in [0.25, 0.3) is 0 Å². The standard InChI is InChI=1S/C59H2O/c60-59-13-6-2-4-7-3-1-5-9-8(3)16-22-14(7)18-10(4)15-11(6)19-25-21(13)31-41-35(25)44-39-29(19)23(15)33-28(18)38-32(22)36-26(16)27-17(9)24-20-12(5)58(59)57(31)30(20)40-43-34(24)37(27)46-45(36)52-47(38)42(33)48(39)54-51(44)55(49(40)41)50(43)53(46)56(52)54/h1-2H. The van der Waals surface area contributed by atoms with Gasteiger partial charge < -0.3 is 0 Å². The van der Waals surface area contributed by atoms with Gasteiger partial charge in [0.1, 0.15) is 0 Å². The second-order valence-corrected chi connectivity index (χ2v) is 21.8. The topological polar surface area (TPSA) is 17.1 Å². The van der Waals surface area contributed by atoms with E-state index in [-0.39, 0.29) is 0 Å². The second-order valence-electron chi connectivity index (χ2n) is 21.8. The lowest BCUT2D eigenvalue weighted by Gasteiger charge is -2.14. The molecule has 0 bridgehead atoms. The Balaban J connectivity index is 1.37. The van der Waals surface area contributed by atoms with Crippen molar-refractivity contribution in [1.29, 1.82) is 0 Å². The molecule has 29 rings (SSSR count). The molecule has 0 fully saturated rings. The van der Waals surface area contributed by atoms with Gasteiger partial charge in [0.05, 0.1) is 0 Å². The second kappa shape index (κ2) is 4.71. The summed E-state index contributed by atoms with van der Waals surface area (Å²) in [5.74, 6) is 0. The Hall–Kier alpha value is -7.87. The third-order valence-electron chi connectivity index (χ3n) is 21.4. The van der Waals surface area contributed by atoms with Crippen molar-refractivity contribution in [3.05, 3.63) is 22.4 Å². The molecular weight excluding hydrogens is 725 g/mol. The summed E-state index contributed by atoms with van der Waals surface area (Å²) in [6.07, 6.45) is 0. The van der Waals surface area contributed by atoms with Crippen molar-refractivity contribution >= 4 is 302 Å². The molecule has 0 N–H and O–H groups in total. The van der Waals surface area contributed by atoms with Crippen LogP contribution in [0.4, 0.5) is 0 Å². The monoisotopic (exact) mass is 726 g/mol. The van der Waals surface area contributed by atoms with Crippen LogP contribution in [0.3, 0.4) is 0 Å². The van der Waals surface area contributed by atoms with Crippen LogP contribution in [0.25, 0.3) is 302 Å². The van der Waals surface area contributed by atoms with Crippen molar-refractivity contribution in [2.24, 2.45) is 0 Å². The van der Waals surface area contributed by atoms with Crippen molar-refractivity contribution in [3.63, 3.8) is 0 Å². The number of hydrogen-bond donors (Lipinski definition) is 0. The number of fused-ring (bicyclic) bond motifs is 5. The highest BCUT2D eigenvalue weighted by molar-refractivity contribution is 6.82. The molecule has 1 heteroatoms. The number of benzene rings is 18. The van der Waals surface area contributed by atoms with Gasteiger partial charge in [0.15, 0.2) is 5.43 Å². The smallest absolute Gasteiger partial charge is 0.195 e. The average Bonchev–Trinajstić information content (AvgIpc) is 4.09. The third-order valence-corrected chi connectivity index (χ3v) is 21.4.